The lowest BCUT2D eigenvalue weighted by Crippen LogP contribution is -1.96. The number of halogens is 1. The van der Waals surface area contributed by atoms with Crippen molar-refractivity contribution in [2.24, 2.45) is 4.36 Å². The van der Waals surface area contributed by atoms with Crippen LogP contribution >= 0.6 is 15.9 Å². The molecule has 1 heterocycles. The van der Waals surface area contributed by atoms with E-state index in [-0.39, 0.29) is 6.01 Å². The first-order chi connectivity index (χ1) is 9.54. The van der Waals surface area contributed by atoms with Crippen molar-refractivity contribution < 1.29 is 8.63 Å². The fourth-order valence-electron chi connectivity index (χ4n) is 1.80. The molecule has 3 rings (SSSR count). The van der Waals surface area contributed by atoms with Crippen molar-refractivity contribution in [2.75, 3.05) is 6.26 Å². The second-order valence-electron chi connectivity index (χ2n) is 4.32. The number of aromatic nitrogens is 1. The summed E-state index contributed by atoms with van der Waals surface area (Å²) in [5.41, 5.74) is 1.30. The summed E-state index contributed by atoms with van der Waals surface area (Å²) in [4.78, 5) is 4.90. The second-order valence-corrected chi connectivity index (χ2v) is 7.49. The fourth-order valence-corrected chi connectivity index (χ4v) is 3.29. The Bertz CT molecular complexity index is 881. The summed E-state index contributed by atoms with van der Waals surface area (Å²) < 4.78 is 23.2. The highest BCUT2D eigenvalue weighted by atomic mass is 79.9. The summed E-state index contributed by atoms with van der Waals surface area (Å²) in [5, 5.41) is 0. The third kappa shape index (κ3) is 2.62. The van der Waals surface area contributed by atoms with Crippen LogP contribution in [0.15, 0.2) is 66.7 Å². The molecule has 0 amide bonds. The molecule has 1 atom stereocenters. The minimum atomic E-state index is -2.56. The minimum Gasteiger partial charge on any atom is -0.422 e. The average molecular weight is 351 g/mol. The van der Waals surface area contributed by atoms with Crippen LogP contribution in [0.2, 0.25) is 0 Å². The molecule has 0 aliphatic heterocycles. The van der Waals surface area contributed by atoms with Crippen LogP contribution in [-0.4, -0.2) is 15.4 Å². The number of benzene rings is 2. The number of fused-ring (bicyclic) bond motifs is 1. The molecule has 0 bridgehead atoms. The molecule has 1 aromatic heterocycles. The van der Waals surface area contributed by atoms with E-state index < -0.39 is 9.73 Å². The van der Waals surface area contributed by atoms with Gasteiger partial charge in [-0.05, 0) is 30.3 Å². The normalized spacial score (nSPS) is 14.1. The zero-order valence-corrected chi connectivity index (χ0v) is 13.0. The Kier molecular flexibility index (Phi) is 3.35. The molecule has 0 radical (unpaired) electrons. The lowest BCUT2D eigenvalue weighted by Gasteiger charge is -2.01. The van der Waals surface area contributed by atoms with Crippen LogP contribution in [0, 0.1) is 0 Å². The van der Waals surface area contributed by atoms with Gasteiger partial charge in [-0.2, -0.15) is 4.98 Å². The summed E-state index contributed by atoms with van der Waals surface area (Å²) >= 11 is 3.37. The highest BCUT2D eigenvalue weighted by molar-refractivity contribution is 9.10. The summed E-state index contributed by atoms with van der Waals surface area (Å²) in [7, 11) is -2.56. The first kappa shape index (κ1) is 13.3. The Morgan fingerprint density at radius 1 is 1.20 bits per heavy atom. The number of hydrogen-bond acceptors (Lipinski definition) is 4. The fraction of sp³-hybridized carbons (Fsp3) is 0.0714. The molecule has 0 aliphatic carbocycles. The molecule has 0 fully saturated rings. The highest BCUT2D eigenvalue weighted by Crippen LogP contribution is 2.26. The molecule has 0 aliphatic rings. The van der Waals surface area contributed by atoms with Crippen LogP contribution in [0.3, 0.4) is 0 Å². The van der Waals surface area contributed by atoms with Gasteiger partial charge < -0.3 is 4.42 Å². The maximum absolute atomic E-state index is 12.6. The van der Waals surface area contributed by atoms with Crippen LogP contribution < -0.4 is 0 Å². The molecular formula is C14H11BrN2O2S. The van der Waals surface area contributed by atoms with Gasteiger partial charge in [0.15, 0.2) is 5.58 Å². The molecule has 20 heavy (non-hydrogen) atoms. The maximum atomic E-state index is 12.6. The molecule has 0 N–H and O–H groups in total. The van der Waals surface area contributed by atoms with Crippen LogP contribution in [0.1, 0.15) is 0 Å². The summed E-state index contributed by atoms with van der Waals surface area (Å²) in [6, 6.07) is 14.7. The zero-order valence-electron chi connectivity index (χ0n) is 10.6. The third-order valence-electron chi connectivity index (χ3n) is 2.77. The van der Waals surface area contributed by atoms with Crippen molar-refractivity contribution in [1.82, 2.24) is 4.98 Å². The largest absolute Gasteiger partial charge is 0.422 e. The Morgan fingerprint density at radius 3 is 2.70 bits per heavy atom. The summed E-state index contributed by atoms with van der Waals surface area (Å²) in [6.45, 7) is 0. The molecular weight excluding hydrogens is 340 g/mol. The third-order valence-corrected chi connectivity index (χ3v) is 4.92. The summed E-state index contributed by atoms with van der Waals surface area (Å²) in [5.74, 6) is 0. The van der Waals surface area contributed by atoms with E-state index in [1.54, 1.807) is 24.5 Å². The maximum Gasteiger partial charge on any atom is 0.331 e. The van der Waals surface area contributed by atoms with Crippen LogP contribution in [0.5, 0.6) is 0 Å². The van der Waals surface area contributed by atoms with Gasteiger partial charge in [-0.15, -0.1) is 4.36 Å². The molecule has 1 unspecified atom stereocenters. The monoisotopic (exact) mass is 350 g/mol. The van der Waals surface area contributed by atoms with Gasteiger partial charge in [0.1, 0.15) is 5.52 Å². The topological polar surface area (TPSA) is 55.5 Å². The first-order valence-electron chi connectivity index (χ1n) is 5.88. The van der Waals surface area contributed by atoms with E-state index in [1.807, 2.05) is 30.3 Å². The van der Waals surface area contributed by atoms with E-state index in [0.717, 1.165) is 4.47 Å². The number of hydrogen-bond donors (Lipinski definition) is 0. The van der Waals surface area contributed by atoms with E-state index in [2.05, 4.69) is 25.3 Å². The SMILES string of the molecule is CS(=O)(=Nc1nc2cc(Br)ccc2o1)c1ccccc1. The van der Waals surface area contributed by atoms with Gasteiger partial charge in [0.2, 0.25) is 0 Å². The number of rotatable bonds is 2. The standard InChI is InChI=1S/C14H11BrN2O2S/c1-20(18,11-5-3-2-4-6-11)17-14-16-12-9-10(15)7-8-13(12)19-14/h2-9H,1H3. The molecule has 6 heteroatoms. The van der Waals surface area contributed by atoms with Crippen molar-refractivity contribution in [2.45, 2.75) is 4.90 Å². The van der Waals surface area contributed by atoms with Crippen molar-refractivity contribution >= 4 is 42.8 Å². The minimum absolute atomic E-state index is 0.134. The van der Waals surface area contributed by atoms with Gasteiger partial charge in [0, 0.05) is 15.6 Å². The van der Waals surface area contributed by atoms with Crippen molar-refractivity contribution in [3.63, 3.8) is 0 Å². The average Bonchev–Trinajstić information content (AvgIpc) is 2.80. The van der Waals surface area contributed by atoms with Gasteiger partial charge in [0.05, 0.1) is 9.73 Å². The second kappa shape index (κ2) is 5.03. The van der Waals surface area contributed by atoms with Crippen LogP contribution in [0.4, 0.5) is 6.01 Å². The molecule has 0 saturated carbocycles. The van der Waals surface area contributed by atoms with Gasteiger partial charge in [0.25, 0.3) is 0 Å². The van der Waals surface area contributed by atoms with E-state index in [9.17, 15) is 4.21 Å². The predicted octanol–water partition coefficient (Wildman–Crippen LogP) is 4.38. The highest BCUT2D eigenvalue weighted by Gasteiger charge is 2.10. The van der Waals surface area contributed by atoms with Crippen LogP contribution in [0.25, 0.3) is 11.1 Å². The molecule has 102 valence electrons. The lowest BCUT2D eigenvalue weighted by molar-refractivity contribution is 0.612. The van der Waals surface area contributed by atoms with Gasteiger partial charge >= 0.3 is 6.01 Å². The zero-order chi connectivity index (χ0) is 14.2. The Balaban J connectivity index is 2.12. The Morgan fingerprint density at radius 2 is 1.95 bits per heavy atom. The Labute approximate surface area is 125 Å². The molecule has 0 spiro atoms. The number of nitrogens with zero attached hydrogens (tertiary/aromatic N) is 2. The van der Waals surface area contributed by atoms with Gasteiger partial charge in [-0.3, -0.25) is 0 Å². The predicted molar refractivity (Wildman–Crippen MR) is 82.6 cm³/mol. The van der Waals surface area contributed by atoms with Gasteiger partial charge in [-0.1, -0.05) is 34.1 Å². The van der Waals surface area contributed by atoms with E-state index in [1.165, 1.54) is 0 Å². The number of oxazole rings is 1. The van der Waals surface area contributed by atoms with Gasteiger partial charge in [-0.25, -0.2) is 4.21 Å². The van der Waals surface area contributed by atoms with Crippen LogP contribution in [-0.2, 0) is 9.73 Å². The lowest BCUT2D eigenvalue weighted by atomic mass is 10.3. The van der Waals surface area contributed by atoms with Crippen molar-refractivity contribution in [3.05, 3.63) is 53.0 Å². The van der Waals surface area contributed by atoms with E-state index in [0.29, 0.717) is 16.0 Å². The first-order valence-corrected chi connectivity index (χ1v) is 8.59. The quantitative estimate of drug-likeness (QED) is 0.689. The molecule has 2 aromatic carbocycles. The van der Waals surface area contributed by atoms with E-state index >= 15 is 0 Å². The van der Waals surface area contributed by atoms with Crippen molar-refractivity contribution in [3.8, 4) is 0 Å². The van der Waals surface area contributed by atoms with E-state index in [4.69, 9.17) is 4.42 Å². The molecule has 4 nitrogen and oxygen atoms in total. The smallest absolute Gasteiger partial charge is 0.331 e. The molecule has 0 saturated heterocycles. The van der Waals surface area contributed by atoms with Crippen molar-refractivity contribution in [1.29, 1.82) is 0 Å². The Hall–Kier alpha value is -1.66. The molecule has 3 aromatic rings. The summed E-state index contributed by atoms with van der Waals surface area (Å²) in [6.07, 6.45) is 1.58.